The fourth-order valence-electron chi connectivity index (χ4n) is 4.30. The second kappa shape index (κ2) is 7.68. The summed E-state index contributed by atoms with van der Waals surface area (Å²) in [5.41, 5.74) is 4.81. The number of allylic oxidation sites excluding steroid dienone is 1. The van der Waals surface area contributed by atoms with E-state index in [-0.39, 0.29) is 36.8 Å². The quantitative estimate of drug-likeness (QED) is 0.887. The molecule has 2 aliphatic rings. The average molecular weight is 378 g/mol. The molecule has 0 saturated carbocycles. The molecule has 0 fully saturated rings. The molecule has 1 N–H and O–H groups in total. The molecule has 2 atom stereocenters. The van der Waals surface area contributed by atoms with Gasteiger partial charge in [0, 0.05) is 6.21 Å². The van der Waals surface area contributed by atoms with Gasteiger partial charge in [0.15, 0.2) is 0 Å². The predicted molar refractivity (Wildman–Crippen MR) is 108 cm³/mol. The third-order valence-corrected chi connectivity index (χ3v) is 5.67. The molecule has 2 aliphatic heterocycles. The Morgan fingerprint density at radius 3 is 2.79 bits per heavy atom. The van der Waals surface area contributed by atoms with Gasteiger partial charge in [0.2, 0.25) is 5.91 Å². The predicted octanol–water partition coefficient (Wildman–Crippen LogP) is 3.34. The molecule has 28 heavy (non-hydrogen) atoms. The molecule has 2 aromatic rings. The molecule has 0 radical (unpaired) electrons. The summed E-state index contributed by atoms with van der Waals surface area (Å²) in [6.45, 7) is 2.53. The normalized spacial score (nSPS) is 20.8. The van der Waals surface area contributed by atoms with Gasteiger partial charge in [-0.05, 0) is 47.2 Å². The molecule has 0 saturated heterocycles. The highest BCUT2D eigenvalue weighted by Gasteiger charge is 2.36. The zero-order valence-electron chi connectivity index (χ0n) is 15.8. The lowest BCUT2D eigenvalue weighted by atomic mass is 9.83. The Bertz CT molecular complexity index is 967. The summed E-state index contributed by atoms with van der Waals surface area (Å²) in [6.07, 6.45) is 4.52. The molecule has 1 amide bonds. The number of aliphatic hydroxyl groups excluding tert-OH is 1. The van der Waals surface area contributed by atoms with Crippen molar-refractivity contribution in [2.24, 2.45) is 4.99 Å². The maximum Gasteiger partial charge on any atom is 0.227 e. The SMILES string of the molecule is C[C@H]1c2cccc(C3=CCN=C3)c2C[C@H](CO)N1C(=O)Cc1ccccc1F. The third kappa shape index (κ3) is 3.27. The van der Waals surface area contributed by atoms with Gasteiger partial charge < -0.3 is 10.0 Å². The van der Waals surface area contributed by atoms with E-state index in [0.29, 0.717) is 18.5 Å². The maximum atomic E-state index is 14.0. The lowest BCUT2D eigenvalue weighted by molar-refractivity contribution is -0.137. The Morgan fingerprint density at radius 1 is 1.25 bits per heavy atom. The first-order valence-corrected chi connectivity index (χ1v) is 9.57. The molecule has 5 heteroatoms. The van der Waals surface area contributed by atoms with Crippen molar-refractivity contribution in [2.45, 2.75) is 31.8 Å². The monoisotopic (exact) mass is 378 g/mol. The molecule has 0 spiro atoms. The van der Waals surface area contributed by atoms with E-state index in [0.717, 1.165) is 22.3 Å². The topological polar surface area (TPSA) is 52.9 Å². The molecule has 2 aromatic carbocycles. The van der Waals surface area contributed by atoms with E-state index in [1.807, 2.05) is 25.3 Å². The fourth-order valence-corrected chi connectivity index (χ4v) is 4.30. The van der Waals surface area contributed by atoms with Gasteiger partial charge in [0.1, 0.15) is 5.82 Å². The summed E-state index contributed by atoms with van der Waals surface area (Å²) in [7, 11) is 0. The van der Waals surface area contributed by atoms with E-state index in [9.17, 15) is 14.3 Å². The zero-order chi connectivity index (χ0) is 19.7. The summed E-state index contributed by atoms with van der Waals surface area (Å²) in [6, 6.07) is 11.9. The lowest BCUT2D eigenvalue weighted by Crippen LogP contribution is -2.49. The molecule has 0 unspecified atom stereocenters. The number of benzene rings is 2. The standard InChI is InChI=1S/C23H23FN2O2/c1-15-19-6-4-7-20(17-9-10-25-13-17)21(19)12-18(14-27)26(15)23(28)11-16-5-2-3-8-22(16)24/h2-9,13,15,18,27H,10-12,14H2,1H3/t15-,18+/m0/s1. The molecular formula is C23H23FN2O2. The first kappa shape index (κ1) is 18.6. The molecule has 0 aromatic heterocycles. The minimum absolute atomic E-state index is 0.0135. The smallest absolute Gasteiger partial charge is 0.227 e. The number of aliphatic hydroxyl groups is 1. The number of hydrogen-bond donors (Lipinski definition) is 1. The number of carbonyl (C=O) groups is 1. The van der Waals surface area contributed by atoms with Crippen LogP contribution in [0.1, 0.15) is 35.2 Å². The van der Waals surface area contributed by atoms with Gasteiger partial charge in [-0.15, -0.1) is 0 Å². The highest BCUT2D eigenvalue weighted by Crippen LogP contribution is 2.37. The van der Waals surface area contributed by atoms with Crippen LogP contribution in [0.5, 0.6) is 0 Å². The largest absolute Gasteiger partial charge is 0.394 e. The first-order valence-electron chi connectivity index (χ1n) is 9.57. The molecule has 2 heterocycles. The number of rotatable bonds is 4. The van der Waals surface area contributed by atoms with Crippen LogP contribution in [0, 0.1) is 5.82 Å². The maximum absolute atomic E-state index is 14.0. The van der Waals surface area contributed by atoms with E-state index < -0.39 is 0 Å². The van der Waals surface area contributed by atoms with Crippen LogP contribution >= 0.6 is 0 Å². The molecule has 144 valence electrons. The van der Waals surface area contributed by atoms with Gasteiger partial charge in [-0.2, -0.15) is 0 Å². The van der Waals surface area contributed by atoms with Gasteiger partial charge in [0.05, 0.1) is 31.7 Å². The van der Waals surface area contributed by atoms with E-state index >= 15 is 0 Å². The second-order valence-corrected chi connectivity index (χ2v) is 7.31. The summed E-state index contributed by atoms with van der Waals surface area (Å²) < 4.78 is 14.0. The molecule has 4 rings (SSSR count). The van der Waals surface area contributed by atoms with Gasteiger partial charge in [-0.25, -0.2) is 4.39 Å². The van der Waals surface area contributed by atoms with Crippen LogP contribution in [0.3, 0.4) is 0 Å². The van der Waals surface area contributed by atoms with Crippen molar-refractivity contribution in [2.75, 3.05) is 13.2 Å². The number of hydrogen-bond acceptors (Lipinski definition) is 3. The van der Waals surface area contributed by atoms with Crippen molar-refractivity contribution in [3.05, 3.63) is 76.6 Å². The van der Waals surface area contributed by atoms with Gasteiger partial charge >= 0.3 is 0 Å². The first-order chi connectivity index (χ1) is 13.6. The van der Waals surface area contributed by atoms with Crippen LogP contribution in [-0.2, 0) is 17.6 Å². The van der Waals surface area contributed by atoms with Crippen molar-refractivity contribution in [3.63, 3.8) is 0 Å². The van der Waals surface area contributed by atoms with Crippen LogP contribution < -0.4 is 0 Å². The number of amides is 1. The Morgan fingerprint density at radius 2 is 2.07 bits per heavy atom. The number of halogens is 1. The van der Waals surface area contributed by atoms with Crippen molar-refractivity contribution in [1.29, 1.82) is 0 Å². The van der Waals surface area contributed by atoms with Crippen LogP contribution in [-0.4, -0.2) is 41.3 Å². The zero-order valence-corrected chi connectivity index (χ0v) is 15.8. The minimum Gasteiger partial charge on any atom is -0.394 e. The van der Waals surface area contributed by atoms with E-state index in [4.69, 9.17) is 0 Å². The molecule has 4 nitrogen and oxygen atoms in total. The van der Waals surface area contributed by atoms with Gasteiger partial charge in [-0.1, -0.05) is 42.5 Å². The summed E-state index contributed by atoms with van der Waals surface area (Å²) in [5.74, 6) is -0.550. The number of aliphatic imine (C=N–C) groups is 1. The van der Waals surface area contributed by atoms with Crippen LogP contribution in [0.4, 0.5) is 4.39 Å². The van der Waals surface area contributed by atoms with Gasteiger partial charge in [-0.3, -0.25) is 9.79 Å². The van der Waals surface area contributed by atoms with Crippen molar-refractivity contribution >= 4 is 17.7 Å². The number of carbonyl (C=O) groups excluding carboxylic acids is 1. The van der Waals surface area contributed by atoms with E-state index in [1.165, 1.54) is 6.07 Å². The summed E-state index contributed by atoms with van der Waals surface area (Å²) >= 11 is 0. The third-order valence-electron chi connectivity index (χ3n) is 5.67. The highest BCUT2D eigenvalue weighted by molar-refractivity contribution is 6.12. The summed E-state index contributed by atoms with van der Waals surface area (Å²) in [5, 5.41) is 10.0. The lowest BCUT2D eigenvalue weighted by Gasteiger charge is -2.42. The van der Waals surface area contributed by atoms with Crippen LogP contribution in [0.2, 0.25) is 0 Å². The average Bonchev–Trinajstić information content (AvgIpc) is 3.23. The summed E-state index contributed by atoms with van der Waals surface area (Å²) in [4.78, 5) is 19.1. The van der Waals surface area contributed by atoms with Crippen molar-refractivity contribution in [1.82, 2.24) is 4.90 Å². The fraction of sp³-hybridized carbons (Fsp3) is 0.304. The van der Waals surface area contributed by atoms with E-state index in [2.05, 4.69) is 17.1 Å². The second-order valence-electron chi connectivity index (χ2n) is 7.31. The number of nitrogens with zero attached hydrogens (tertiary/aromatic N) is 2. The minimum atomic E-state index is -0.379. The van der Waals surface area contributed by atoms with Crippen LogP contribution in [0.25, 0.3) is 5.57 Å². The molecule has 0 aliphatic carbocycles. The number of fused-ring (bicyclic) bond motifs is 1. The van der Waals surface area contributed by atoms with Crippen molar-refractivity contribution in [3.8, 4) is 0 Å². The Kier molecular flexibility index (Phi) is 5.09. The molecular weight excluding hydrogens is 355 g/mol. The Hall–Kier alpha value is -2.79. The highest BCUT2D eigenvalue weighted by atomic mass is 19.1. The Balaban J connectivity index is 1.68. The van der Waals surface area contributed by atoms with Crippen LogP contribution in [0.15, 0.2) is 53.5 Å². The Labute approximate surface area is 164 Å². The van der Waals surface area contributed by atoms with E-state index in [1.54, 1.807) is 23.1 Å². The van der Waals surface area contributed by atoms with Gasteiger partial charge in [0.25, 0.3) is 0 Å². The van der Waals surface area contributed by atoms with Crippen molar-refractivity contribution < 1.29 is 14.3 Å². The molecule has 0 bridgehead atoms.